The number of ether oxygens (including phenoxy) is 2. The van der Waals surface area contributed by atoms with Crippen molar-refractivity contribution in [2.75, 3.05) is 13.2 Å². The number of aliphatic hydroxyl groups excluding tert-OH is 5. The SMILES string of the molecule is CCCCCCCCCCCCCCCCCCC(=O)OC[C@@H](COP(=O)(O)OC1C(O)C(O)C(O)[C@H](O)C1O)OC(=O)CCCCCCCCCCCC. The number of phosphoric ester groups is 1. The third kappa shape index (κ3) is 25.7. The normalized spacial score (nSPS) is 23.0. The van der Waals surface area contributed by atoms with Gasteiger partial charge in [-0.05, 0) is 12.8 Å². The summed E-state index contributed by atoms with van der Waals surface area (Å²) < 4.78 is 33.4. The van der Waals surface area contributed by atoms with Crippen LogP contribution in [0.1, 0.15) is 194 Å². The first-order valence-electron chi connectivity index (χ1n) is 21.8. The van der Waals surface area contributed by atoms with Crippen molar-refractivity contribution < 1.29 is 63.1 Å². The van der Waals surface area contributed by atoms with Gasteiger partial charge < -0.3 is 39.9 Å². The van der Waals surface area contributed by atoms with Crippen molar-refractivity contribution in [2.24, 2.45) is 0 Å². The van der Waals surface area contributed by atoms with Crippen LogP contribution >= 0.6 is 7.82 Å². The summed E-state index contributed by atoms with van der Waals surface area (Å²) in [6, 6.07) is 0. The van der Waals surface area contributed by atoms with Gasteiger partial charge in [-0.3, -0.25) is 18.6 Å². The minimum atomic E-state index is -5.10. The molecule has 0 bridgehead atoms. The Labute approximate surface area is 331 Å². The number of phosphoric acid groups is 1. The number of unbranched alkanes of at least 4 members (excludes halogenated alkanes) is 24. The highest BCUT2D eigenvalue weighted by molar-refractivity contribution is 7.47. The van der Waals surface area contributed by atoms with E-state index >= 15 is 0 Å². The number of hydrogen-bond acceptors (Lipinski definition) is 12. The van der Waals surface area contributed by atoms with E-state index in [1.54, 1.807) is 0 Å². The van der Waals surface area contributed by atoms with Crippen LogP contribution in [0.2, 0.25) is 0 Å². The number of rotatable bonds is 36. The van der Waals surface area contributed by atoms with Gasteiger partial charge in [-0.1, -0.05) is 168 Å². The Kier molecular flexibility index (Phi) is 30.9. The first-order valence-corrected chi connectivity index (χ1v) is 23.3. The summed E-state index contributed by atoms with van der Waals surface area (Å²) in [5.74, 6) is -1.09. The van der Waals surface area contributed by atoms with E-state index in [9.17, 15) is 44.6 Å². The Hall–Kier alpha value is -1.15. The molecule has 8 atom stereocenters. The molecule has 326 valence electrons. The van der Waals surface area contributed by atoms with E-state index in [0.29, 0.717) is 12.8 Å². The first kappa shape index (κ1) is 51.9. The maximum absolute atomic E-state index is 12.8. The molecule has 1 fully saturated rings. The minimum absolute atomic E-state index is 0.103. The minimum Gasteiger partial charge on any atom is -0.462 e. The molecule has 0 saturated heterocycles. The number of hydrogen-bond donors (Lipinski definition) is 6. The Morgan fingerprint density at radius 2 is 0.818 bits per heavy atom. The van der Waals surface area contributed by atoms with E-state index in [1.807, 2.05) is 0 Å². The van der Waals surface area contributed by atoms with Crippen LogP contribution in [-0.4, -0.2) is 98.3 Å². The molecule has 0 radical (unpaired) electrons. The molecule has 0 amide bonds. The van der Waals surface area contributed by atoms with Crippen LogP contribution in [0.4, 0.5) is 0 Å². The Morgan fingerprint density at radius 1 is 0.491 bits per heavy atom. The zero-order valence-corrected chi connectivity index (χ0v) is 35.1. The molecule has 0 aromatic heterocycles. The predicted octanol–water partition coefficient (Wildman–Crippen LogP) is 7.72. The molecule has 1 rings (SSSR count). The summed E-state index contributed by atoms with van der Waals surface area (Å²) in [7, 11) is -5.10. The van der Waals surface area contributed by atoms with Gasteiger partial charge >= 0.3 is 19.8 Å². The van der Waals surface area contributed by atoms with Crippen LogP contribution in [0.3, 0.4) is 0 Å². The Morgan fingerprint density at radius 3 is 1.20 bits per heavy atom. The molecule has 1 aliphatic rings. The lowest BCUT2D eigenvalue weighted by molar-refractivity contribution is -0.220. The van der Waals surface area contributed by atoms with Crippen molar-refractivity contribution in [2.45, 2.75) is 236 Å². The average Bonchev–Trinajstić information content (AvgIpc) is 3.16. The van der Waals surface area contributed by atoms with E-state index < -0.39 is 75.7 Å². The molecule has 55 heavy (non-hydrogen) atoms. The largest absolute Gasteiger partial charge is 0.472 e. The summed E-state index contributed by atoms with van der Waals surface area (Å²) in [5, 5.41) is 50.0. The van der Waals surface area contributed by atoms with Crippen molar-refractivity contribution in [1.82, 2.24) is 0 Å². The number of carbonyl (C=O) groups excluding carboxylic acids is 2. The van der Waals surface area contributed by atoms with Crippen LogP contribution in [0, 0.1) is 0 Å². The molecular formula is C41H79O13P. The van der Waals surface area contributed by atoms with Crippen molar-refractivity contribution in [3.8, 4) is 0 Å². The first-order chi connectivity index (χ1) is 26.4. The third-order valence-electron chi connectivity index (χ3n) is 10.4. The Bertz CT molecular complexity index is 985. The summed E-state index contributed by atoms with van der Waals surface area (Å²) in [6.07, 6.45) is 17.5. The van der Waals surface area contributed by atoms with E-state index in [1.165, 1.54) is 109 Å². The molecule has 6 unspecified atom stereocenters. The van der Waals surface area contributed by atoms with Crippen molar-refractivity contribution in [3.05, 3.63) is 0 Å². The second-order valence-corrected chi connectivity index (χ2v) is 17.0. The monoisotopic (exact) mass is 811 g/mol. The Balaban J connectivity index is 2.44. The standard InChI is InChI=1S/C41H79O13P/c1-3-5-7-9-11-13-15-16-17-18-19-20-22-23-25-27-29-34(42)51-31-33(53-35(43)30-28-26-24-21-14-12-10-8-6-4-2)32-52-55(49,50)54-41-39(47)37(45)36(44)38(46)40(41)48/h33,36-41,44-48H,3-32H2,1-2H3,(H,49,50)/t33-,36?,37-,38?,39?,40?,41?/m0/s1. The molecule has 1 saturated carbocycles. The van der Waals surface area contributed by atoms with Crippen LogP contribution in [-0.2, 0) is 32.7 Å². The molecule has 13 nitrogen and oxygen atoms in total. The zero-order chi connectivity index (χ0) is 40.7. The van der Waals surface area contributed by atoms with Gasteiger partial charge in [0.15, 0.2) is 6.10 Å². The number of carbonyl (C=O) groups is 2. The lowest BCUT2D eigenvalue weighted by atomic mass is 9.85. The van der Waals surface area contributed by atoms with Crippen molar-refractivity contribution >= 4 is 19.8 Å². The van der Waals surface area contributed by atoms with Crippen molar-refractivity contribution in [3.63, 3.8) is 0 Å². The highest BCUT2D eigenvalue weighted by Gasteiger charge is 2.51. The third-order valence-corrected chi connectivity index (χ3v) is 11.4. The van der Waals surface area contributed by atoms with Gasteiger partial charge in [0.2, 0.25) is 0 Å². The lowest BCUT2D eigenvalue weighted by Crippen LogP contribution is -2.64. The molecular weight excluding hydrogens is 731 g/mol. The fourth-order valence-corrected chi connectivity index (χ4v) is 7.85. The summed E-state index contributed by atoms with van der Waals surface area (Å²) in [4.78, 5) is 35.5. The maximum atomic E-state index is 12.8. The van der Waals surface area contributed by atoms with Gasteiger partial charge in [0.1, 0.15) is 43.2 Å². The van der Waals surface area contributed by atoms with Gasteiger partial charge in [-0.25, -0.2) is 4.57 Å². The van der Waals surface area contributed by atoms with E-state index in [4.69, 9.17) is 18.5 Å². The second-order valence-electron chi connectivity index (χ2n) is 15.6. The summed E-state index contributed by atoms with van der Waals surface area (Å²) in [5.41, 5.74) is 0. The average molecular weight is 811 g/mol. The number of aliphatic hydroxyl groups is 5. The zero-order valence-electron chi connectivity index (χ0n) is 34.2. The highest BCUT2D eigenvalue weighted by atomic mass is 31.2. The predicted molar refractivity (Wildman–Crippen MR) is 212 cm³/mol. The van der Waals surface area contributed by atoms with E-state index in [-0.39, 0.29) is 12.8 Å². The second kappa shape index (κ2) is 32.8. The molecule has 1 aliphatic carbocycles. The smallest absolute Gasteiger partial charge is 0.462 e. The van der Waals surface area contributed by atoms with Gasteiger partial charge in [-0.15, -0.1) is 0 Å². The van der Waals surface area contributed by atoms with Crippen molar-refractivity contribution in [1.29, 1.82) is 0 Å². The van der Waals surface area contributed by atoms with Gasteiger partial charge in [0.25, 0.3) is 0 Å². The highest BCUT2D eigenvalue weighted by Crippen LogP contribution is 2.47. The molecule has 14 heteroatoms. The fourth-order valence-electron chi connectivity index (χ4n) is 6.88. The van der Waals surface area contributed by atoms with Gasteiger partial charge in [0, 0.05) is 12.8 Å². The van der Waals surface area contributed by atoms with Crippen LogP contribution in [0.25, 0.3) is 0 Å². The lowest BCUT2D eigenvalue weighted by Gasteiger charge is -2.41. The van der Waals surface area contributed by atoms with Gasteiger partial charge in [0.05, 0.1) is 6.61 Å². The van der Waals surface area contributed by atoms with Crippen LogP contribution < -0.4 is 0 Å². The molecule has 6 N–H and O–H groups in total. The van der Waals surface area contributed by atoms with Gasteiger partial charge in [-0.2, -0.15) is 0 Å². The topological polar surface area (TPSA) is 210 Å². The fraction of sp³-hybridized carbons (Fsp3) is 0.951. The molecule has 0 aliphatic heterocycles. The molecule has 0 aromatic rings. The van der Waals surface area contributed by atoms with E-state index in [0.717, 1.165) is 44.9 Å². The summed E-state index contributed by atoms with van der Waals surface area (Å²) in [6.45, 7) is 3.28. The maximum Gasteiger partial charge on any atom is 0.472 e. The molecule has 0 aromatic carbocycles. The van der Waals surface area contributed by atoms with Crippen LogP contribution in [0.5, 0.6) is 0 Å². The summed E-state index contributed by atoms with van der Waals surface area (Å²) >= 11 is 0. The molecule has 0 heterocycles. The van der Waals surface area contributed by atoms with Crippen LogP contribution in [0.15, 0.2) is 0 Å². The molecule has 0 spiro atoms. The number of esters is 2. The van der Waals surface area contributed by atoms with E-state index in [2.05, 4.69) is 13.8 Å². The quantitative estimate of drug-likeness (QED) is 0.0204.